The van der Waals surface area contributed by atoms with Crippen LogP contribution in [0.1, 0.15) is 50.7 Å². The maximum atomic E-state index is 11.5. The fourth-order valence-electron chi connectivity index (χ4n) is 2.54. The van der Waals surface area contributed by atoms with Crippen LogP contribution in [0.5, 0.6) is 0 Å². The fraction of sp³-hybridized carbons (Fsp3) is 0.833. The zero-order valence-electron chi connectivity index (χ0n) is 11.4. The van der Waals surface area contributed by atoms with Crippen LogP contribution in [0.4, 0.5) is 0 Å². The Morgan fingerprint density at radius 2 is 2.11 bits per heavy atom. The van der Waals surface area contributed by atoms with E-state index in [1.165, 1.54) is 0 Å². The molecule has 0 saturated carbocycles. The molecular formula is C12H21N3O3S. The molecule has 0 aromatic carbocycles. The number of rotatable bonds is 5. The molecule has 108 valence electrons. The Morgan fingerprint density at radius 1 is 1.42 bits per heavy atom. The minimum atomic E-state index is -2.93. The molecule has 0 aliphatic carbocycles. The van der Waals surface area contributed by atoms with E-state index in [1.807, 2.05) is 13.8 Å². The first-order valence-electron chi connectivity index (χ1n) is 6.71. The predicted molar refractivity (Wildman–Crippen MR) is 71.6 cm³/mol. The summed E-state index contributed by atoms with van der Waals surface area (Å²) in [5.41, 5.74) is 5.55. The van der Waals surface area contributed by atoms with Gasteiger partial charge in [0.05, 0.1) is 16.9 Å². The van der Waals surface area contributed by atoms with Crippen LogP contribution in [0.15, 0.2) is 4.52 Å². The Hall–Kier alpha value is -0.950. The van der Waals surface area contributed by atoms with E-state index < -0.39 is 9.84 Å². The first kappa shape index (κ1) is 14.5. The van der Waals surface area contributed by atoms with E-state index in [1.54, 1.807) is 0 Å². The summed E-state index contributed by atoms with van der Waals surface area (Å²) in [7, 11) is -2.93. The number of aromatic nitrogens is 2. The Kier molecular flexibility index (Phi) is 3.96. The van der Waals surface area contributed by atoms with Crippen LogP contribution in [-0.2, 0) is 15.3 Å². The molecule has 7 heteroatoms. The highest BCUT2D eigenvalue weighted by Gasteiger charge is 2.36. The van der Waals surface area contributed by atoms with Gasteiger partial charge < -0.3 is 10.3 Å². The van der Waals surface area contributed by atoms with Crippen molar-refractivity contribution in [3.63, 3.8) is 0 Å². The van der Waals surface area contributed by atoms with Crippen LogP contribution >= 0.6 is 0 Å². The summed E-state index contributed by atoms with van der Waals surface area (Å²) in [5.74, 6) is 1.26. The minimum absolute atomic E-state index is 0.125. The summed E-state index contributed by atoms with van der Waals surface area (Å²) in [6.07, 6.45) is 2.23. The molecule has 1 unspecified atom stereocenters. The molecule has 2 rings (SSSR count). The van der Waals surface area contributed by atoms with E-state index in [4.69, 9.17) is 10.3 Å². The van der Waals surface area contributed by atoms with Crippen molar-refractivity contribution in [3.8, 4) is 0 Å². The van der Waals surface area contributed by atoms with Gasteiger partial charge in [-0.05, 0) is 19.3 Å². The van der Waals surface area contributed by atoms with Gasteiger partial charge in [0.1, 0.15) is 0 Å². The van der Waals surface area contributed by atoms with Crippen molar-refractivity contribution in [3.05, 3.63) is 11.7 Å². The van der Waals surface area contributed by atoms with Crippen molar-refractivity contribution in [2.45, 2.75) is 44.4 Å². The Morgan fingerprint density at radius 3 is 2.58 bits per heavy atom. The lowest BCUT2D eigenvalue weighted by Crippen LogP contribution is -2.34. The largest absolute Gasteiger partial charge is 0.339 e. The second-order valence-electron chi connectivity index (χ2n) is 5.25. The number of nitrogens with two attached hydrogens (primary N) is 1. The number of sulfone groups is 1. The number of hydrogen-bond donors (Lipinski definition) is 1. The lowest BCUT2D eigenvalue weighted by Gasteiger charge is -2.24. The van der Waals surface area contributed by atoms with Crippen LogP contribution in [0.3, 0.4) is 0 Å². The average molecular weight is 287 g/mol. The van der Waals surface area contributed by atoms with Gasteiger partial charge in [-0.25, -0.2) is 8.42 Å². The zero-order valence-corrected chi connectivity index (χ0v) is 12.2. The van der Waals surface area contributed by atoms with E-state index >= 15 is 0 Å². The summed E-state index contributed by atoms with van der Waals surface area (Å²) < 4.78 is 28.3. The van der Waals surface area contributed by atoms with Crippen molar-refractivity contribution >= 4 is 9.84 Å². The lowest BCUT2D eigenvalue weighted by atomic mass is 9.82. The third-order valence-electron chi connectivity index (χ3n) is 4.24. The molecule has 1 fully saturated rings. The molecule has 0 bridgehead atoms. The summed E-state index contributed by atoms with van der Waals surface area (Å²) in [6.45, 7) is 4.53. The predicted octanol–water partition coefficient (Wildman–Crippen LogP) is 0.988. The SMILES string of the molecule is CCC(CC)(CN)c1nc(C2CCS(=O)(=O)C2)no1. The fourth-order valence-corrected chi connectivity index (χ4v) is 4.28. The second kappa shape index (κ2) is 5.20. The first-order chi connectivity index (χ1) is 8.96. The molecular weight excluding hydrogens is 266 g/mol. The molecule has 0 radical (unpaired) electrons. The monoisotopic (exact) mass is 287 g/mol. The standard InChI is InChI=1S/C12H21N3O3S/c1-3-12(4-2,8-13)11-14-10(15-18-11)9-5-6-19(16,17)7-9/h9H,3-8,13H2,1-2H3. The molecule has 1 saturated heterocycles. The molecule has 1 aliphatic rings. The minimum Gasteiger partial charge on any atom is -0.339 e. The zero-order chi connectivity index (χ0) is 14.1. The Balaban J connectivity index is 2.24. The first-order valence-corrected chi connectivity index (χ1v) is 8.53. The van der Waals surface area contributed by atoms with Crippen molar-refractivity contribution in [1.29, 1.82) is 0 Å². The Bertz CT molecular complexity index is 526. The molecule has 1 aromatic heterocycles. The summed E-state index contributed by atoms with van der Waals surface area (Å²) in [4.78, 5) is 4.42. The summed E-state index contributed by atoms with van der Waals surface area (Å²) in [5, 5.41) is 3.97. The van der Waals surface area contributed by atoms with Crippen molar-refractivity contribution < 1.29 is 12.9 Å². The molecule has 2 N–H and O–H groups in total. The lowest BCUT2D eigenvalue weighted by molar-refractivity contribution is 0.266. The Labute approximate surface area is 113 Å². The van der Waals surface area contributed by atoms with Gasteiger partial charge in [-0.2, -0.15) is 4.98 Å². The highest BCUT2D eigenvalue weighted by Crippen LogP contribution is 2.32. The highest BCUT2D eigenvalue weighted by molar-refractivity contribution is 7.91. The van der Waals surface area contributed by atoms with Gasteiger partial charge in [0.25, 0.3) is 0 Å². The molecule has 1 aromatic rings. The maximum Gasteiger partial charge on any atom is 0.234 e. The second-order valence-corrected chi connectivity index (χ2v) is 7.48. The smallest absolute Gasteiger partial charge is 0.234 e. The molecule has 0 amide bonds. The van der Waals surface area contributed by atoms with Gasteiger partial charge in [0.2, 0.25) is 5.89 Å². The topological polar surface area (TPSA) is 99.1 Å². The van der Waals surface area contributed by atoms with Gasteiger partial charge in [0, 0.05) is 12.5 Å². The van der Waals surface area contributed by atoms with Crippen molar-refractivity contribution in [2.24, 2.45) is 5.73 Å². The molecule has 0 spiro atoms. The van der Waals surface area contributed by atoms with E-state index in [2.05, 4.69) is 10.1 Å². The van der Waals surface area contributed by atoms with E-state index in [-0.39, 0.29) is 22.8 Å². The van der Waals surface area contributed by atoms with Gasteiger partial charge in [-0.15, -0.1) is 0 Å². The molecule has 19 heavy (non-hydrogen) atoms. The molecule has 1 atom stereocenters. The van der Waals surface area contributed by atoms with E-state index in [0.717, 1.165) is 12.8 Å². The molecule has 2 heterocycles. The van der Waals surface area contributed by atoms with Crippen LogP contribution in [-0.4, -0.2) is 36.6 Å². The van der Waals surface area contributed by atoms with Crippen molar-refractivity contribution in [1.82, 2.24) is 10.1 Å². The summed E-state index contributed by atoms with van der Waals surface area (Å²) >= 11 is 0. The van der Waals surface area contributed by atoms with Crippen LogP contribution in [0, 0.1) is 0 Å². The molecule has 1 aliphatic heterocycles. The summed E-state index contributed by atoms with van der Waals surface area (Å²) in [6, 6.07) is 0. The maximum absolute atomic E-state index is 11.5. The van der Waals surface area contributed by atoms with Crippen LogP contribution in [0.2, 0.25) is 0 Å². The highest BCUT2D eigenvalue weighted by atomic mass is 32.2. The normalized spacial score (nSPS) is 22.8. The van der Waals surface area contributed by atoms with E-state index in [9.17, 15) is 8.42 Å². The van der Waals surface area contributed by atoms with Gasteiger partial charge >= 0.3 is 0 Å². The average Bonchev–Trinajstić information content (AvgIpc) is 2.99. The van der Waals surface area contributed by atoms with Gasteiger partial charge in [0.15, 0.2) is 15.7 Å². The van der Waals surface area contributed by atoms with Crippen molar-refractivity contribution in [2.75, 3.05) is 18.1 Å². The van der Waals surface area contributed by atoms with Crippen LogP contribution in [0.25, 0.3) is 0 Å². The van der Waals surface area contributed by atoms with Gasteiger partial charge in [-0.3, -0.25) is 0 Å². The van der Waals surface area contributed by atoms with Gasteiger partial charge in [-0.1, -0.05) is 19.0 Å². The third kappa shape index (κ3) is 2.67. The van der Waals surface area contributed by atoms with E-state index in [0.29, 0.717) is 24.7 Å². The quantitative estimate of drug-likeness (QED) is 0.867. The van der Waals surface area contributed by atoms with Crippen LogP contribution < -0.4 is 5.73 Å². The molecule has 6 nitrogen and oxygen atoms in total. The number of nitrogens with zero attached hydrogens (tertiary/aromatic N) is 2. The third-order valence-corrected chi connectivity index (χ3v) is 6.01. The number of hydrogen-bond acceptors (Lipinski definition) is 6.